The SMILES string of the molecule is COC(=O)CN1C(=O)C2(C(C(=O)OC)=C(N)Oc3cc(C)n(C)c(=O)c32)c2ccccc21. The Morgan fingerprint density at radius 1 is 1.16 bits per heavy atom. The van der Waals surface area contributed by atoms with Crippen molar-refractivity contribution in [2.75, 3.05) is 25.7 Å². The van der Waals surface area contributed by atoms with E-state index in [0.717, 1.165) is 7.11 Å². The molecule has 1 spiro atoms. The standard InChI is InChI=1S/C22H21N3O7/c1-11-9-14-16(19(27)24(11)2)22(17(18(23)32-14)20(28)31-4)12-7-5-6-8-13(12)25(21(22)29)10-15(26)30-3/h5-9H,10,23H2,1-4H3. The molecular formula is C22H21N3O7. The van der Waals surface area contributed by atoms with E-state index in [-0.39, 0.29) is 22.8 Å². The summed E-state index contributed by atoms with van der Waals surface area (Å²) >= 11 is 0. The fraction of sp³-hybridized carbons (Fsp3) is 0.273. The van der Waals surface area contributed by atoms with Crippen molar-refractivity contribution in [3.8, 4) is 5.75 Å². The van der Waals surface area contributed by atoms with Gasteiger partial charge in [-0.15, -0.1) is 0 Å². The normalized spacial score (nSPS) is 18.9. The van der Waals surface area contributed by atoms with Crippen molar-refractivity contribution in [3.05, 3.63) is 69.0 Å². The summed E-state index contributed by atoms with van der Waals surface area (Å²) in [5.74, 6) is -2.62. The van der Waals surface area contributed by atoms with E-state index in [2.05, 4.69) is 0 Å². The Kier molecular flexibility index (Phi) is 4.80. The van der Waals surface area contributed by atoms with Crippen LogP contribution in [0.2, 0.25) is 0 Å². The van der Waals surface area contributed by atoms with Gasteiger partial charge in [-0.3, -0.25) is 19.3 Å². The maximum Gasteiger partial charge on any atom is 0.340 e. The van der Waals surface area contributed by atoms with Crippen LogP contribution in [0.15, 0.2) is 46.6 Å². The number of fused-ring (bicyclic) bond motifs is 4. The lowest BCUT2D eigenvalue weighted by Crippen LogP contribution is -2.52. The minimum atomic E-state index is -1.96. The Morgan fingerprint density at radius 3 is 2.50 bits per heavy atom. The van der Waals surface area contributed by atoms with Gasteiger partial charge in [-0.2, -0.15) is 0 Å². The number of carbonyl (C=O) groups excluding carboxylic acids is 3. The molecule has 2 aliphatic rings. The molecule has 32 heavy (non-hydrogen) atoms. The molecule has 1 atom stereocenters. The van der Waals surface area contributed by atoms with Gasteiger partial charge in [-0.25, -0.2) is 4.79 Å². The van der Waals surface area contributed by atoms with Crippen molar-refractivity contribution in [1.82, 2.24) is 4.57 Å². The summed E-state index contributed by atoms with van der Waals surface area (Å²) in [7, 11) is 3.88. The van der Waals surface area contributed by atoms with Gasteiger partial charge in [0.25, 0.3) is 5.56 Å². The number of ether oxygens (including phenoxy) is 3. The van der Waals surface area contributed by atoms with Gasteiger partial charge in [-0.05, 0) is 13.0 Å². The smallest absolute Gasteiger partial charge is 0.340 e. The van der Waals surface area contributed by atoms with Gasteiger partial charge in [0, 0.05) is 30.1 Å². The zero-order chi connectivity index (χ0) is 23.4. The Balaban J connectivity index is 2.17. The first-order valence-electron chi connectivity index (χ1n) is 9.65. The van der Waals surface area contributed by atoms with Gasteiger partial charge >= 0.3 is 11.9 Å². The molecule has 10 nitrogen and oxygen atoms in total. The second kappa shape index (κ2) is 7.26. The molecule has 0 aliphatic carbocycles. The van der Waals surface area contributed by atoms with Crippen molar-refractivity contribution >= 4 is 23.5 Å². The molecule has 0 radical (unpaired) electrons. The van der Waals surface area contributed by atoms with Crippen LogP contribution in [0.5, 0.6) is 5.75 Å². The molecule has 1 unspecified atom stereocenters. The third kappa shape index (κ3) is 2.58. The van der Waals surface area contributed by atoms with Crippen LogP contribution in [0.3, 0.4) is 0 Å². The highest BCUT2D eigenvalue weighted by Gasteiger charge is 2.62. The summed E-state index contributed by atoms with van der Waals surface area (Å²) in [5.41, 5.74) is 4.44. The number of anilines is 1. The van der Waals surface area contributed by atoms with E-state index in [1.54, 1.807) is 44.3 Å². The number of hydrogen-bond acceptors (Lipinski definition) is 8. The summed E-state index contributed by atoms with van der Waals surface area (Å²) in [5, 5.41) is 0. The van der Waals surface area contributed by atoms with Crippen LogP contribution >= 0.6 is 0 Å². The van der Waals surface area contributed by atoms with E-state index in [0.29, 0.717) is 16.9 Å². The summed E-state index contributed by atoms with van der Waals surface area (Å²) < 4.78 is 16.7. The van der Waals surface area contributed by atoms with Crippen LogP contribution in [-0.2, 0) is 36.3 Å². The van der Waals surface area contributed by atoms with Crippen LogP contribution in [0.4, 0.5) is 5.69 Å². The van der Waals surface area contributed by atoms with E-state index < -0.39 is 35.4 Å². The molecule has 2 aromatic rings. The van der Waals surface area contributed by atoms with Gasteiger partial charge in [0.2, 0.25) is 11.8 Å². The highest BCUT2D eigenvalue weighted by molar-refractivity contribution is 6.19. The molecule has 4 rings (SSSR count). The lowest BCUT2D eigenvalue weighted by atomic mass is 9.68. The second-order valence-electron chi connectivity index (χ2n) is 7.46. The van der Waals surface area contributed by atoms with Crippen LogP contribution in [-0.4, -0.2) is 43.2 Å². The molecule has 0 saturated carbocycles. The summed E-state index contributed by atoms with van der Waals surface area (Å²) in [6.45, 7) is 1.27. The molecule has 0 fully saturated rings. The number of hydrogen-bond donors (Lipinski definition) is 1. The molecule has 1 aromatic carbocycles. The Morgan fingerprint density at radius 2 is 1.84 bits per heavy atom. The Labute approximate surface area is 182 Å². The van der Waals surface area contributed by atoms with Gasteiger partial charge in [0.1, 0.15) is 23.3 Å². The first-order valence-corrected chi connectivity index (χ1v) is 9.65. The minimum Gasteiger partial charge on any atom is -0.468 e. The number of nitrogens with two attached hydrogens (primary N) is 1. The highest BCUT2D eigenvalue weighted by atomic mass is 16.5. The number of esters is 2. The number of methoxy groups -OCH3 is 2. The van der Waals surface area contributed by atoms with Gasteiger partial charge < -0.3 is 24.5 Å². The molecular weight excluding hydrogens is 418 g/mol. The lowest BCUT2D eigenvalue weighted by Gasteiger charge is -2.35. The minimum absolute atomic E-state index is 0.0545. The predicted molar refractivity (Wildman–Crippen MR) is 112 cm³/mol. The van der Waals surface area contributed by atoms with E-state index in [1.165, 1.54) is 16.6 Å². The largest absolute Gasteiger partial charge is 0.468 e. The Bertz CT molecular complexity index is 1280. The third-order valence-corrected chi connectivity index (χ3v) is 5.92. The first kappa shape index (κ1) is 21.2. The van der Waals surface area contributed by atoms with E-state index in [4.69, 9.17) is 19.9 Å². The van der Waals surface area contributed by atoms with Gasteiger partial charge in [0.15, 0.2) is 0 Å². The zero-order valence-corrected chi connectivity index (χ0v) is 17.9. The highest BCUT2D eigenvalue weighted by Crippen LogP contribution is 2.54. The van der Waals surface area contributed by atoms with Crippen molar-refractivity contribution in [1.29, 1.82) is 0 Å². The van der Waals surface area contributed by atoms with Crippen LogP contribution in [0.1, 0.15) is 16.8 Å². The fourth-order valence-electron chi connectivity index (χ4n) is 4.34. The maximum atomic E-state index is 14.1. The number of aromatic nitrogens is 1. The number of rotatable bonds is 3. The number of nitrogens with zero attached hydrogens (tertiary/aromatic N) is 2. The van der Waals surface area contributed by atoms with E-state index >= 15 is 0 Å². The fourth-order valence-corrected chi connectivity index (χ4v) is 4.34. The molecule has 0 bridgehead atoms. The van der Waals surface area contributed by atoms with Crippen LogP contribution in [0.25, 0.3) is 0 Å². The molecule has 166 valence electrons. The summed E-state index contributed by atoms with van der Waals surface area (Å²) in [4.78, 5) is 53.8. The average Bonchev–Trinajstić information content (AvgIpc) is 3.00. The van der Waals surface area contributed by atoms with Crippen LogP contribution in [0, 0.1) is 6.92 Å². The van der Waals surface area contributed by atoms with Crippen LogP contribution < -0.4 is 20.9 Å². The molecule has 10 heteroatoms. The topological polar surface area (TPSA) is 130 Å². The van der Waals surface area contributed by atoms with Gasteiger partial charge in [-0.1, -0.05) is 18.2 Å². The second-order valence-corrected chi connectivity index (χ2v) is 7.46. The molecule has 1 amide bonds. The molecule has 0 saturated heterocycles. The summed E-state index contributed by atoms with van der Waals surface area (Å²) in [6, 6.07) is 8.12. The first-order chi connectivity index (χ1) is 15.2. The maximum absolute atomic E-state index is 14.1. The molecule has 3 heterocycles. The monoisotopic (exact) mass is 439 g/mol. The Hall–Kier alpha value is -4.08. The number of aryl methyl sites for hydroxylation is 1. The number of amides is 1. The number of carbonyl (C=O) groups is 3. The third-order valence-electron chi connectivity index (χ3n) is 5.92. The lowest BCUT2D eigenvalue weighted by molar-refractivity contribution is -0.140. The summed E-state index contributed by atoms with van der Waals surface area (Å²) in [6.07, 6.45) is 0. The van der Waals surface area contributed by atoms with Crippen molar-refractivity contribution < 1.29 is 28.6 Å². The van der Waals surface area contributed by atoms with E-state index in [9.17, 15) is 19.2 Å². The number of pyridine rings is 1. The molecule has 2 aliphatic heterocycles. The predicted octanol–water partition coefficient (Wildman–Crippen LogP) is 0.235. The van der Waals surface area contributed by atoms with Gasteiger partial charge in [0.05, 0.1) is 19.8 Å². The number of benzene rings is 1. The molecule has 2 N–H and O–H groups in total. The van der Waals surface area contributed by atoms with Crippen molar-refractivity contribution in [2.24, 2.45) is 12.8 Å². The average molecular weight is 439 g/mol. The van der Waals surface area contributed by atoms with E-state index in [1.807, 2.05) is 0 Å². The quantitative estimate of drug-likeness (QED) is 0.673. The molecule has 1 aromatic heterocycles. The van der Waals surface area contributed by atoms with Crippen molar-refractivity contribution in [2.45, 2.75) is 12.3 Å². The van der Waals surface area contributed by atoms with Crippen molar-refractivity contribution in [3.63, 3.8) is 0 Å². The number of para-hydroxylation sites is 1. The zero-order valence-electron chi connectivity index (χ0n) is 17.9.